The smallest absolute Gasteiger partial charge is 0.0708 e. The highest BCUT2D eigenvalue weighted by Crippen LogP contribution is 2.32. The monoisotopic (exact) mass is 329 g/mol. The minimum atomic E-state index is 0.355. The molecule has 0 N–H and O–H groups in total. The molecule has 0 aliphatic heterocycles. The number of nitrogens with zero attached hydrogens (tertiary/aromatic N) is 1. The molecule has 2 aromatic carbocycles. The highest BCUT2D eigenvalue weighted by atomic mass is 14.7. The van der Waals surface area contributed by atoms with Gasteiger partial charge in [-0.1, -0.05) is 82.3 Å². The highest BCUT2D eigenvalue weighted by Gasteiger charge is 2.16. The van der Waals surface area contributed by atoms with Crippen LogP contribution in [0.4, 0.5) is 0 Å². The fourth-order valence-electron chi connectivity index (χ4n) is 3.42. The van der Waals surface area contributed by atoms with E-state index in [9.17, 15) is 0 Å². The number of rotatable bonds is 4. The van der Waals surface area contributed by atoms with E-state index in [4.69, 9.17) is 0 Å². The van der Waals surface area contributed by atoms with Crippen LogP contribution in [0.25, 0.3) is 22.4 Å². The lowest BCUT2D eigenvalue weighted by Gasteiger charge is -2.23. The first kappa shape index (κ1) is 17.4. The summed E-state index contributed by atoms with van der Waals surface area (Å²) in [5.74, 6) is 0.575. The molecule has 1 nitrogen and oxygen atoms in total. The zero-order chi connectivity index (χ0) is 17.9. The first-order valence-electron chi connectivity index (χ1n) is 9.04. The second-order valence-corrected chi connectivity index (χ2v) is 8.08. The van der Waals surface area contributed by atoms with Crippen molar-refractivity contribution >= 4 is 0 Å². The zero-order valence-electron chi connectivity index (χ0n) is 15.7. The molecule has 0 aliphatic carbocycles. The third kappa shape index (κ3) is 4.57. The predicted octanol–water partition coefficient (Wildman–Crippen LogP) is 6.96. The van der Waals surface area contributed by atoms with Gasteiger partial charge in [-0.15, -0.1) is 0 Å². The second-order valence-electron chi connectivity index (χ2n) is 8.08. The van der Waals surface area contributed by atoms with Gasteiger partial charge in [-0.05, 0) is 46.6 Å². The maximum Gasteiger partial charge on any atom is 0.0708 e. The van der Waals surface area contributed by atoms with Gasteiger partial charge in [0.15, 0.2) is 0 Å². The van der Waals surface area contributed by atoms with Crippen molar-refractivity contribution in [2.75, 3.05) is 0 Å². The standard InChI is InChI=1S/C24H27N/c1-18(17-24(2,3)4)19-10-12-20(13-11-19)22-14-15-25-23(16-22)21-8-6-5-7-9-21/h5-16,18H,17H2,1-4H3. The largest absolute Gasteiger partial charge is 0.256 e. The Morgan fingerprint density at radius 2 is 1.48 bits per heavy atom. The van der Waals surface area contributed by atoms with Crippen molar-refractivity contribution in [1.29, 1.82) is 0 Å². The molecule has 0 saturated carbocycles. The first-order valence-corrected chi connectivity index (χ1v) is 9.04. The molecule has 0 saturated heterocycles. The Labute approximate surface area is 151 Å². The van der Waals surface area contributed by atoms with Crippen molar-refractivity contribution < 1.29 is 0 Å². The second kappa shape index (κ2) is 7.23. The SMILES string of the molecule is CC(CC(C)(C)C)c1ccc(-c2ccnc(-c3ccccc3)c2)cc1. The maximum atomic E-state index is 4.52. The van der Waals surface area contributed by atoms with Gasteiger partial charge < -0.3 is 0 Å². The summed E-state index contributed by atoms with van der Waals surface area (Å²) in [4.78, 5) is 4.52. The van der Waals surface area contributed by atoms with Crippen LogP contribution in [0.15, 0.2) is 72.9 Å². The van der Waals surface area contributed by atoms with E-state index in [0.29, 0.717) is 11.3 Å². The van der Waals surface area contributed by atoms with Gasteiger partial charge in [0.2, 0.25) is 0 Å². The fourth-order valence-corrected chi connectivity index (χ4v) is 3.42. The van der Waals surface area contributed by atoms with E-state index < -0.39 is 0 Å². The van der Waals surface area contributed by atoms with Crippen molar-refractivity contribution in [3.05, 3.63) is 78.5 Å². The summed E-state index contributed by atoms with van der Waals surface area (Å²) < 4.78 is 0. The summed E-state index contributed by atoms with van der Waals surface area (Å²) in [6.07, 6.45) is 3.09. The minimum absolute atomic E-state index is 0.355. The number of hydrogen-bond acceptors (Lipinski definition) is 1. The fraction of sp³-hybridized carbons (Fsp3) is 0.292. The highest BCUT2D eigenvalue weighted by molar-refractivity contribution is 5.70. The molecule has 0 amide bonds. The molecule has 0 fully saturated rings. The van der Waals surface area contributed by atoms with Crippen molar-refractivity contribution in [3.8, 4) is 22.4 Å². The molecular weight excluding hydrogens is 302 g/mol. The van der Waals surface area contributed by atoms with Gasteiger partial charge >= 0.3 is 0 Å². The summed E-state index contributed by atoms with van der Waals surface area (Å²) in [6.45, 7) is 9.24. The molecular formula is C24H27N. The number of hydrogen-bond donors (Lipinski definition) is 0. The van der Waals surface area contributed by atoms with Crippen molar-refractivity contribution in [1.82, 2.24) is 4.98 Å². The Balaban J connectivity index is 1.83. The summed E-state index contributed by atoms with van der Waals surface area (Å²) in [5.41, 5.74) is 6.39. The van der Waals surface area contributed by atoms with E-state index in [-0.39, 0.29) is 0 Å². The van der Waals surface area contributed by atoms with Crippen LogP contribution in [0.2, 0.25) is 0 Å². The molecule has 0 radical (unpaired) electrons. The quantitative estimate of drug-likeness (QED) is 0.504. The van der Waals surface area contributed by atoms with Gasteiger partial charge in [0, 0.05) is 11.8 Å². The lowest BCUT2D eigenvalue weighted by molar-refractivity contribution is 0.349. The Morgan fingerprint density at radius 3 is 2.12 bits per heavy atom. The molecule has 1 atom stereocenters. The van der Waals surface area contributed by atoms with Crippen molar-refractivity contribution in [2.45, 2.75) is 40.0 Å². The summed E-state index contributed by atoms with van der Waals surface area (Å²) in [5, 5.41) is 0. The van der Waals surface area contributed by atoms with Crippen LogP contribution in [0.3, 0.4) is 0 Å². The van der Waals surface area contributed by atoms with E-state index >= 15 is 0 Å². The topological polar surface area (TPSA) is 12.9 Å². The minimum Gasteiger partial charge on any atom is -0.256 e. The van der Waals surface area contributed by atoms with Crippen LogP contribution in [0, 0.1) is 5.41 Å². The van der Waals surface area contributed by atoms with Crippen LogP contribution >= 0.6 is 0 Å². The number of benzene rings is 2. The zero-order valence-corrected chi connectivity index (χ0v) is 15.7. The number of aromatic nitrogens is 1. The van der Waals surface area contributed by atoms with Gasteiger partial charge in [-0.3, -0.25) is 4.98 Å². The lowest BCUT2D eigenvalue weighted by atomic mass is 9.82. The molecule has 0 aliphatic rings. The van der Waals surface area contributed by atoms with Gasteiger partial charge in [0.1, 0.15) is 0 Å². The average Bonchev–Trinajstić information content (AvgIpc) is 2.61. The van der Waals surface area contributed by atoms with Crippen LogP contribution < -0.4 is 0 Å². The summed E-state index contributed by atoms with van der Waals surface area (Å²) in [7, 11) is 0. The van der Waals surface area contributed by atoms with Crippen LogP contribution in [-0.2, 0) is 0 Å². The van der Waals surface area contributed by atoms with Crippen LogP contribution in [0.5, 0.6) is 0 Å². The van der Waals surface area contributed by atoms with E-state index in [1.54, 1.807) is 0 Å². The van der Waals surface area contributed by atoms with Gasteiger partial charge in [0.25, 0.3) is 0 Å². The van der Waals surface area contributed by atoms with E-state index in [2.05, 4.69) is 93.3 Å². The third-order valence-corrected chi connectivity index (χ3v) is 4.56. The molecule has 1 unspecified atom stereocenters. The van der Waals surface area contributed by atoms with E-state index in [1.807, 2.05) is 12.3 Å². The summed E-state index contributed by atoms with van der Waals surface area (Å²) in [6, 6.07) is 23.6. The van der Waals surface area contributed by atoms with E-state index in [1.165, 1.54) is 23.1 Å². The summed E-state index contributed by atoms with van der Waals surface area (Å²) >= 11 is 0. The Morgan fingerprint density at radius 1 is 0.800 bits per heavy atom. The van der Waals surface area contributed by atoms with Crippen LogP contribution in [0.1, 0.15) is 45.6 Å². The van der Waals surface area contributed by atoms with Gasteiger partial charge in [-0.2, -0.15) is 0 Å². The molecule has 1 heterocycles. The molecule has 3 aromatic rings. The molecule has 25 heavy (non-hydrogen) atoms. The average molecular weight is 329 g/mol. The third-order valence-electron chi connectivity index (χ3n) is 4.56. The molecule has 1 aromatic heterocycles. The van der Waals surface area contributed by atoms with E-state index in [0.717, 1.165) is 11.3 Å². The molecule has 0 spiro atoms. The van der Waals surface area contributed by atoms with Crippen LogP contribution in [-0.4, -0.2) is 4.98 Å². The van der Waals surface area contributed by atoms with Crippen molar-refractivity contribution in [3.63, 3.8) is 0 Å². The normalized spacial score (nSPS) is 12.8. The Kier molecular flexibility index (Phi) is 5.03. The molecule has 3 rings (SSSR count). The lowest BCUT2D eigenvalue weighted by Crippen LogP contribution is -2.09. The first-order chi connectivity index (χ1) is 11.9. The number of pyridine rings is 1. The molecule has 128 valence electrons. The maximum absolute atomic E-state index is 4.52. The Hall–Kier alpha value is -2.41. The molecule has 0 bridgehead atoms. The Bertz CT molecular complexity index is 811. The van der Waals surface area contributed by atoms with Gasteiger partial charge in [0.05, 0.1) is 5.69 Å². The van der Waals surface area contributed by atoms with Gasteiger partial charge in [-0.25, -0.2) is 0 Å². The van der Waals surface area contributed by atoms with Crippen molar-refractivity contribution in [2.24, 2.45) is 5.41 Å². The predicted molar refractivity (Wildman–Crippen MR) is 108 cm³/mol. The molecule has 1 heteroatoms.